The molecule has 1 amide bonds. The van der Waals surface area contributed by atoms with Crippen molar-refractivity contribution in [3.8, 4) is 0 Å². The number of rotatable bonds is 3. The average molecular weight is 229 g/mol. The number of carbonyl (C=O) groups is 2. The summed E-state index contributed by atoms with van der Waals surface area (Å²) in [4.78, 5) is 21.8. The van der Waals surface area contributed by atoms with Gasteiger partial charge in [-0.2, -0.15) is 0 Å². The van der Waals surface area contributed by atoms with Crippen LogP contribution in [0.5, 0.6) is 0 Å². The van der Waals surface area contributed by atoms with Crippen molar-refractivity contribution >= 4 is 11.9 Å². The highest BCUT2D eigenvalue weighted by molar-refractivity contribution is 5.96. The van der Waals surface area contributed by atoms with E-state index in [0.717, 1.165) is 12.1 Å². The van der Waals surface area contributed by atoms with Crippen LogP contribution in [0.25, 0.3) is 0 Å². The quantitative estimate of drug-likeness (QED) is 0.817. The molecular weight excluding hydrogens is 220 g/mol. The summed E-state index contributed by atoms with van der Waals surface area (Å²) in [6, 6.07) is 1.15. The Balaban J connectivity index is 2.84. The second kappa shape index (κ2) is 4.69. The molecule has 0 fully saturated rings. The summed E-state index contributed by atoms with van der Waals surface area (Å²) in [5, 5.41) is 10.6. The number of hydrogen-bond donors (Lipinski definition) is 2. The Bertz CT molecular complexity index is 414. The highest BCUT2D eigenvalue weighted by Gasteiger charge is 2.16. The van der Waals surface area contributed by atoms with E-state index in [1.165, 1.54) is 6.92 Å². The lowest BCUT2D eigenvalue weighted by atomic mass is 10.2. The lowest BCUT2D eigenvalue weighted by Gasteiger charge is -2.09. The molecule has 1 rings (SSSR count). The fraction of sp³-hybridized carbons (Fsp3) is 0.200. The van der Waals surface area contributed by atoms with Gasteiger partial charge in [-0.25, -0.2) is 8.78 Å². The summed E-state index contributed by atoms with van der Waals surface area (Å²) >= 11 is 0. The zero-order chi connectivity index (χ0) is 12.3. The van der Waals surface area contributed by atoms with Crippen LogP contribution in [0.2, 0.25) is 0 Å². The molecular formula is C10H9F2NO3. The monoisotopic (exact) mass is 229 g/mol. The lowest BCUT2D eigenvalue weighted by molar-refractivity contribution is -0.138. The lowest BCUT2D eigenvalue weighted by Crippen LogP contribution is -2.38. The van der Waals surface area contributed by atoms with Gasteiger partial charge in [0, 0.05) is 11.6 Å². The molecule has 4 nitrogen and oxygen atoms in total. The number of carbonyl (C=O) groups excluding carboxylic acids is 1. The van der Waals surface area contributed by atoms with Crippen LogP contribution in [0.1, 0.15) is 17.3 Å². The fourth-order valence-corrected chi connectivity index (χ4v) is 1.03. The van der Waals surface area contributed by atoms with E-state index in [2.05, 4.69) is 5.32 Å². The Morgan fingerprint density at radius 2 is 1.75 bits per heavy atom. The number of aliphatic carboxylic acids is 1. The fourth-order valence-electron chi connectivity index (χ4n) is 1.03. The van der Waals surface area contributed by atoms with E-state index in [1.54, 1.807) is 0 Å². The molecule has 6 heteroatoms. The Hall–Kier alpha value is -1.98. The minimum atomic E-state index is -1.23. The largest absolute Gasteiger partial charge is 0.480 e. The Morgan fingerprint density at radius 1 is 1.25 bits per heavy atom. The maximum Gasteiger partial charge on any atom is 0.325 e. The molecule has 1 atom stereocenters. The summed E-state index contributed by atoms with van der Waals surface area (Å²) in [6.07, 6.45) is 0. The third kappa shape index (κ3) is 3.01. The molecule has 1 aromatic carbocycles. The first-order chi connectivity index (χ1) is 7.40. The standard InChI is InChI=1S/C10H9F2NO3/c1-5(10(15)16)13-9(14)6-2-7(11)4-8(12)3-6/h2-5H,1H3,(H,13,14)(H,15,16)/t5-/m1/s1. The van der Waals surface area contributed by atoms with Gasteiger partial charge in [0.15, 0.2) is 0 Å². The summed E-state index contributed by atoms with van der Waals surface area (Å²) in [5.41, 5.74) is -0.259. The van der Waals surface area contributed by atoms with Gasteiger partial charge in [0.05, 0.1) is 0 Å². The summed E-state index contributed by atoms with van der Waals surface area (Å²) in [5.74, 6) is -3.86. The molecule has 0 aromatic heterocycles. The third-order valence-electron chi connectivity index (χ3n) is 1.84. The van der Waals surface area contributed by atoms with Gasteiger partial charge in [-0.1, -0.05) is 0 Å². The van der Waals surface area contributed by atoms with E-state index in [0.29, 0.717) is 6.07 Å². The first-order valence-corrected chi connectivity index (χ1v) is 4.40. The highest BCUT2D eigenvalue weighted by Crippen LogP contribution is 2.07. The van der Waals surface area contributed by atoms with Crippen molar-refractivity contribution < 1.29 is 23.5 Å². The Kier molecular flexibility index (Phi) is 3.55. The van der Waals surface area contributed by atoms with E-state index in [1.807, 2.05) is 0 Å². The van der Waals surface area contributed by atoms with Gasteiger partial charge in [-0.15, -0.1) is 0 Å². The molecule has 0 saturated carbocycles. The van der Waals surface area contributed by atoms with Crippen molar-refractivity contribution in [3.05, 3.63) is 35.4 Å². The molecule has 0 spiro atoms. The van der Waals surface area contributed by atoms with Crippen molar-refractivity contribution in [2.45, 2.75) is 13.0 Å². The number of halogens is 2. The molecule has 2 N–H and O–H groups in total. The SMILES string of the molecule is C[C@@H](NC(=O)c1cc(F)cc(F)c1)C(=O)O. The average Bonchev–Trinajstić information content (AvgIpc) is 2.15. The summed E-state index contributed by atoms with van der Waals surface area (Å²) < 4.78 is 25.5. The van der Waals surface area contributed by atoms with Crippen LogP contribution in [-0.2, 0) is 4.79 Å². The molecule has 0 heterocycles. The summed E-state index contributed by atoms with van der Waals surface area (Å²) in [7, 11) is 0. The first kappa shape index (κ1) is 12.1. The zero-order valence-electron chi connectivity index (χ0n) is 8.33. The molecule has 86 valence electrons. The van der Waals surface area contributed by atoms with Crippen molar-refractivity contribution in [1.29, 1.82) is 0 Å². The molecule has 0 saturated heterocycles. The highest BCUT2D eigenvalue weighted by atomic mass is 19.1. The minimum absolute atomic E-state index is 0.259. The topological polar surface area (TPSA) is 66.4 Å². The maximum absolute atomic E-state index is 12.7. The third-order valence-corrected chi connectivity index (χ3v) is 1.84. The van der Waals surface area contributed by atoms with Crippen LogP contribution in [-0.4, -0.2) is 23.0 Å². The molecule has 16 heavy (non-hydrogen) atoms. The van der Waals surface area contributed by atoms with Gasteiger partial charge in [0.2, 0.25) is 0 Å². The van der Waals surface area contributed by atoms with Crippen LogP contribution in [0.15, 0.2) is 18.2 Å². The van der Waals surface area contributed by atoms with E-state index in [4.69, 9.17) is 5.11 Å². The molecule has 0 radical (unpaired) electrons. The Morgan fingerprint density at radius 3 is 2.19 bits per heavy atom. The maximum atomic E-state index is 12.7. The van der Waals surface area contributed by atoms with Crippen molar-refractivity contribution in [2.75, 3.05) is 0 Å². The van der Waals surface area contributed by atoms with Crippen LogP contribution in [0.3, 0.4) is 0 Å². The number of carboxylic acid groups (broad SMARTS) is 1. The van der Waals surface area contributed by atoms with Gasteiger partial charge >= 0.3 is 5.97 Å². The molecule has 0 bridgehead atoms. The van der Waals surface area contributed by atoms with Gasteiger partial charge in [0.1, 0.15) is 17.7 Å². The van der Waals surface area contributed by atoms with Crippen molar-refractivity contribution in [3.63, 3.8) is 0 Å². The number of hydrogen-bond acceptors (Lipinski definition) is 2. The second-order valence-corrected chi connectivity index (χ2v) is 3.19. The van der Waals surface area contributed by atoms with E-state index in [-0.39, 0.29) is 5.56 Å². The molecule has 0 aliphatic rings. The van der Waals surface area contributed by atoms with E-state index < -0.39 is 29.6 Å². The first-order valence-electron chi connectivity index (χ1n) is 4.40. The predicted octanol–water partition coefficient (Wildman–Crippen LogP) is 1.17. The number of nitrogens with one attached hydrogen (secondary N) is 1. The second-order valence-electron chi connectivity index (χ2n) is 3.19. The normalized spacial score (nSPS) is 11.9. The van der Waals surface area contributed by atoms with Crippen molar-refractivity contribution in [1.82, 2.24) is 5.32 Å². The smallest absolute Gasteiger partial charge is 0.325 e. The molecule has 0 aliphatic heterocycles. The van der Waals surface area contributed by atoms with Gasteiger partial charge in [-0.3, -0.25) is 9.59 Å². The van der Waals surface area contributed by atoms with E-state index >= 15 is 0 Å². The van der Waals surface area contributed by atoms with Crippen molar-refractivity contribution in [2.24, 2.45) is 0 Å². The number of carboxylic acids is 1. The van der Waals surface area contributed by atoms with Gasteiger partial charge < -0.3 is 10.4 Å². The predicted molar refractivity (Wildman–Crippen MR) is 50.9 cm³/mol. The minimum Gasteiger partial charge on any atom is -0.480 e. The Labute approximate surface area is 89.9 Å². The van der Waals surface area contributed by atoms with Crippen LogP contribution in [0, 0.1) is 11.6 Å². The van der Waals surface area contributed by atoms with Crippen LogP contribution < -0.4 is 5.32 Å². The number of benzene rings is 1. The molecule has 0 unspecified atom stereocenters. The van der Waals surface area contributed by atoms with Crippen LogP contribution >= 0.6 is 0 Å². The molecule has 0 aliphatic carbocycles. The molecule has 1 aromatic rings. The van der Waals surface area contributed by atoms with Crippen LogP contribution in [0.4, 0.5) is 8.78 Å². The number of amides is 1. The van der Waals surface area contributed by atoms with E-state index in [9.17, 15) is 18.4 Å². The van der Waals surface area contributed by atoms with Gasteiger partial charge in [0.25, 0.3) is 5.91 Å². The summed E-state index contributed by atoms with van der Waals surface area (Å²) in [6.45, 7) is 1.25. The van der Waals surface area contributed by atoms with Gasteiger partial charge in [-0.05, 0) is 19.1 Å². The zero-order valence-corrected chi connectivity index (χ0v) is 8.33.